The topological polar surface area (TPSA) is 85.4 Å². The fourth-order valence-corrected chi connectivity index (χ4v) is 6.48. The lowest BCUT2D eigenvalue weighted by atomic mass is 9.95. The Morgan fingerprint density at radius 3 is 2.33 bits per heavy atom. The molecular formula is C24H40N4O4S. The van der Waals surface area contributed by atoms with Crippen molar-refractivity contribution >= 4 is 22.6 Å². The fraction of sp³-hybridized carbons (Fsp3) is 0.708. The predicted molar refractivity (Wildman–Crippen MR) is 132 cm³/mol. The van der Waals surface area contributed by atoms with E-state index in [1.807, 2.05) is 4.31 Å². The summed E-state index contributed by atoms with van der Waals surface area (Å²) < 4.78 is 19.6. The lowest BCUT2D eigenvalue weighted by molar-refractivity contribution is -0.133. The average molecular weight is 481 g/mol. The Hall–Kier alpha value is -1.52. The number of amides is 1. The first-order valence-electron chi connectivity index (χ1n) is 12.2. The zero-order valence-electron chi connectivity index (χ0n) is 20.1. The van der Waals surface area contributed by atoms with Crippen LogP contribution in [0, 0.1) is 0 Å². The molecule has 0 spiro atoms. The van der Waals surface area contributed by atoms with Gasteiger partial charge in [-0.2, -0.15) is 0 Å². The van der Waals surface area contributed by atoms with Crippen LogP contribution in [0.25, 0.3) is 0 Å². The Balaban J connectivity index is 1.57. The van der Waals surface area contributed by atoms with Gasteiger partial charge in [-0.1, -0.05) is 31.9 Å². The van der Waals surface area contributed by atoms with Crippen LogP contribution in [0.15, 0.2) is 24.3 Å². The molecule has 2 saturated heterocycles. The molecule has 3 rings (SSSR count). The number of rotatable bonds is 11. The molecule has 2 N–H and O–H groups in total. The minimum Gasteiger partial charge on any atom is -0.383 e. The second kappa shape index (κ2) is 12.8. The van der Waals surface area contributed by atoms with E-state index < -0.39 is 21.6 Å². The van der Waals surface area contributed by atoms with Crippen LogP contribution in [0.2, 0.25) is 0 Å². The van der Waals surface area contributed by atoms with Gasteiger partial charge in [-0.15, -0.1) is 0 Å². The van der Waals surface area contributed by atoms with Gasteiger partial charge in [-0.25, -0.2) is 14.0 Å². The maximum absolute atomic E-state index is 13.6. The first-order valence-corrected chi connectivity index (χ1v) is 13.3. The largest absolute Gasteiger partial charge is 0.383 e. The van der Waals surface area contributed by atoms with Crippen molar-refractivity contribution in [2.45, 2.75) is 50.2 Å². The summed E-state index contributed by atoms with van der Waals surface area (Å²) in [7, 11) is 0.165. The van der Waals surface area contributed by atoms with Crippen molar-refractivity contribution in [1.82, 2.24) is 14.7 Å². The molecule has 8 nitrogen and oxygen atoms in total. The number of carbonyl (C=O) groups is 1. The summed E-state index contributed by atoms with van der Waals surface area (Å²) in [6.07, 6.45) is 5.76. The zero-order valence-corrected chi connectivity index (χ0v) is 20.9. The van der Waals surface area contributed by atoms with Crippen LogP contribution in [0.3, 0.4) is 0 Å². The highest BCUT2D eigenvalue weighted by molar-refractivity contribution is 7.85. The molecule has 33 heavy (non-hydrogen) atoms. The molecule has 9 heteroatoms. The lowest BCUT2D eigenvalue weighted by Gasteiger charge is -2.43. The zero-order chi connectivity index (χ0) is 23.7. The molecule has 0 aromatic heterocycles. The number of likely N-dealkylation sites (tertiary alicyclic amines) is 1. The van der Waals surface area contributed by atoms with Crippen LogP contribution in [0.4, 0.5) is 5.69 Å². The van der Waals surface area contributed by atoms with Crippen LogP contribution < -0.4 is 10.4 Å². The average Bonchev–Trinajstić information content (AvgIpc) is 2.87. The first-order chi connectivity index (χ1) is 16.0. The van der Waals surface area contributed by atoms with Crippen molar-refractivity contribution in [3.8, 4) is 0 Å². The molecule has 2 aliphatic heterocycles. The number of hydrogen-bond donors (Lipinski definition) is 2. The number of nitrogens with zero attached hydrogens (tertiary/aromatic N) is 3. The van der Waals surface area contributed by atoms with Crippen molar-refractivity contribution in [3.63, 3.8) is 0 Å². The normalized spacial score (nSPS) is 20.5. The summed E-state index contributed by atoms with van der Waals surface area (Å²) in [6.45, 7) is 7.73. The summed E-state index contributed by atoms with van der Waals surface area (Å²) >= 11 is 0. The molecular weight excluding hydrogens is 440 g/mol. The van der Waals surface area contributed by atoms with E-state index >= 15 is 0 Å². The van der Waals surface area contributed by atoms with Crippen molar-refractivity contribution in [2.24, 2.45) is 0 Å². The van der Waals surface area contributed by atoms with Gasteiger partial charge in [0.15, 0.2) is 0 Å². The Kier molecular flexibility index (Phi) is 10.1. The highest BCUT2D eigenvalue weighted by atomic mass is 32.2. The third kappa shape index (κ3) is 6.54. The van der Waals surface area contributed by atoms with Crippen LogP contribution in [-0.4, -0.2) is 88.8 Å². The van der Waals surface area contributed by atoms with Crippen LogP contribution >= 0.6 is 0 Å². The monoisotopic (exact) mass is 480 g/mol. The van der Waals surface area contributed by atoms with Gasteiger partial charge in [-0.05, 0) is 43.4 Å². The van der Waals surface area contributed by atoms with E-state index in [0.717, 1.165) is 26.1 Å². The van der Waals surface area contributed by atoms with Gasteiger partial charge in [0.05, 0.1) is 6.61 Å². The van der Waals surface area contributed by atoms with E-state index in [1.165, 1.54) is 30.5 Å². The van der Waals surface area contributed by atoms with Gasteiger partial charge < -0.3 is 14.5 Å². The molecule has 186 valence electrons. The fourth-order valence-electron chi connectivity index (χ4n) is 4.75. The maximum atomic E-state index is 13.6. The number of benzene rings is 1. The molecule has 1 aromatic rings. The number of methoxy groups -OCH3 is 1. The lowest BCUT2D eigenvalue weighted by Crippen LogP contribution is -2.61. The number of piperidine rings is 1. The Morgan fingerprint density at radius 1 is 1.09 bits per heavy atom. The predicted octanol–water partition coefficient (Wildman–Crippen LogP) is 2.19. The number of hydroxylamine groups is 1. The molecule has 0 radical (unpaired) electrons. The molecule has 2 fully saturated rings. The summed E-state index contributed by atoms with van der Waals surface area (Å²) in [4.78, 5) is 17.2. The van der Waals surface area contributed by atoms with Crippen molar-refractivity contribution in [3.05, 3.63) is 29.8 Å². The molecule has 2 aliphatic rings. The minimum atomic E-state index is -1.51. The molecule has 0 saturated carbocycles. The molecule has 0 bridgehead atoms. The maximum Gasteiger partial charge on any atom is 0.263 e. The van der Waals surface area contributed by atoms with E-state index in [2.05, 4.69) is 41.0 Å². The molecule has 1 amide bonds. The van der Waals surface area contributed by atoms with E-state index in [-0.39, 0.29) is 0 Å². The number of anilines is 1. The van der Waals surface area contributed by atoms with Crippen LogP contribution in [-0.2, 0) is 26.9 Å². The highest BCUT2D eigenvalue weighted by Gasteiger charge is 2.49. The van der Waals surface area contributed by atoms with Gasteiger partial charge in [0.1, 0.15) is 15.7 Å². The van der Waals surface area contributed by atoms with Crippen molar-refractivity contribution < 1.29 is 18.9 Å². The summed E-state index contributed by atoms with van der Waals surface area (Å²) in [5.41, 5.74) is 4.36. The number of piperazine rings is 1. The van der Waals surface area contributed by atoms with Gasteiger partial charge in [-0.3, -0.25) is 10.0 Å². The quantitative estimate of drug-likeness (QED) is 0.287. The third-order valence-electron chi connectivity index (χ3n) is 6.97. The van der Waals surface area contributed by atoms with Gasteiger partial charge in [0.25, 0.3) is 5.91 Å². The second-order valence-electron chi connectivity index (χ2n) is 9.06. The Bertz CT molecular complexity index is 760. The van der Waals surface area contributed by atoms with E-state index in [4.69, 9.17) is 4.74 Å². The second-order valence-corrected chi connectivity index (χ2v) is 10.9. The highest BCUT2D eigenvalue weighted by Crippen LogP contribution is 2.32. The van der Waals surface area contributed by atoms with Gasteiger partial charge >= 0.3 is 0 Å². The van der Waals surface area contributed by atoms with Crippen molar-refractivity contribution in [2.75, 3.05) is 64.4 Å². The number of ether oxygens (including phenoxy) is 1. The van der Waals surface area contributed by atoms with Crippen LogP contribution in [0.1, 0.15) is 44.6 Å². The smallest absolute Gasteiger partial charge is 0.263 e. The number of aryl methyl sites for hydroxylation is 1. The standard InChI is InChI=1S/C24H40N4O4S/c1-3-4-5-6-21-7-9-22(10-8-21)27-15-17-28(18-16-27)33(31)24(23(29)25-30)11-13-26(14-12-24)19-20-32-2/h7-10,30H,3-6,11-20H2,1-2H3,(H,25,29). The molecule has 1 atom stereocenters. The Labute approximate surface area is 200 Å². The summed E-state index contributed by atoms with van der Waals surface area (Å²) in [5.74, 6) is -0.534. The number of hydrogen-bond acceptors (Lipinski definition) is 6. The summed E-state index contributed by atoms with van der Waals surface area (Å²) in [6, 6.07) is 8.80. The number of unbranched alkanes of at least 4 members (excludes halogenated alkanes) is 2. The van der Waals surface area contributed by atoms with E-state index in [1.54, 1.807) is 12.6 Å². The Morgan fingerprint density at radius 2 is 1.76 bits per heavy atom. The molecule has 1 unspecified atom stereocenters. The third-order valence-corrected chi connectivity index (χ3v) is 9.06. The van der Waals surface area contributed by atoms with Crippen LogP contribution in [0.5, 0.6) is 0 Å². The van der Waals surface area contributed by atoms with E-state index in [0.29, 0.717) is 45.6 Å². The molecule has 0 aliphatic carbocycles. The van der Waals surface area contributed by atoms with E-state index in [9.17, 15) is 14.2 Å². The molecule has 2 heterocycles. The molecule has 1 aromatic carbocycles. The SMILES string of the molecule is CCCCCc1ccc(N2CCN(S(=O)C3(C(=O)NO)CCN(CCOC)CC3)CC2)cc1. The number of nitrogens with one attached hydrogen (secondary N) is 1. The number of carbonyl (C=O) groups excluding carboxylic acids is 1. The van der Waals surface area contributed by atoms with Gasteiger partial charge in [0, 0.05) is 58.6 Å². The summed E-state index contributed by atoms with van der Waals surface area (Å²) in [5, 5.41) is 9.39. The first kappa shape index (κ1) is 26.1. The van der Waals surface area contributed by atoms with Crippen molar-refractivity contribution in [1.29, 1.82) is 0 Å². The minimum absolute atomic E-state index is 0.454. The van der Waals surface area contributed by atoms with Gasteiger partial charge in [0.2, 0.25) is 0 Å².